The quantitative estimate of drug-likeness (QED) is 0.162. The van der Waals surface area contributed by atoms with Crippen molar-refractivity contribution in [2.24, 2.45) is 0 Å². The molecule has 0 atom stereocenters. The first-order chi connectivity index (χ1) is 24.3. The van der Waals surface area contributed by atoms with Gasteiger partial charge in [-0.25, -0.2) is 0 Å². The zero-order valence-corrected chi connectivity index (χ0v) is 27.2. The van der Waals surface area contributed by atoms with Crippen molar-refractivity contribution in [3.05, 3.63) is 212 Å². The maximum absolute atomic E-state index is 2.44. The third kappa shape index (κ3) is 6.43. The monoisotopic (exact) mass is 625 g/mol. The van der Waals surface area contributed by atoms with Crippen LogP contribution in [0.3, 0.4) is 0 Å². The van der Waals surface area contributed by atoms with Crippen molar-refractivity contribution >= 4 is 17.1 Å². The van der Waals surface area contributed by atoms with Crippen molar-refractivity contribution in [1.29, 1.82) is 0 Å². The van der Waals surface area contributed by atoms with E-state index in [0.717, 1.165) is 17.1 Å². The molecule has 8 rings (SSSR count). The van der Waals surface area contributed by atoms with Crippen molar-refractivity contribution in [2.45, 2.75) is 0 Å². The van der Waals surface area contributed by atoms with Gasteiger partial charge in [-0.05, 0) is 92.5 Å². The van der Waals surface area contributed by atoms with E-state index in [9.17, 15) is 0 Å². The van der Waals surface area contributed by atoms with Crippen LogP contribution in [0.4, 0.5) is 17.1 Å². The highest BCUT2D eigenvalue weighted by Gasteiger charge is 2.21. The normalized spacial score (nSPS) is 10.9. The SMILES string of the molecule is c1ccc(-c2cc(-c3ccccc3)cc(N(c3cc(-c4ccccc4)cc(-c4ccccc4)c3)c3ccccc3-c3ccccc3)c2)cc1. The van der Waals surface area contributed by atoms with Gasteiger partial charge in [0.25, 0.3) is 0 Å². The second kappa shape index (κ2) is 13.7. The van der Waals surface area contributed by atoms with Gasteiger partial charge in [0.15, 0.2) is 0 Å². The predicted molar refractivity (Wildman–Crippen MR) is 208 cm³/mol. The third-order valence-electron chi connectivity index (χ3n) is 9.01. The van der Waals surface area contributed by atoms with E-state index in [4.69, 9.17) is 0 Å². The summed E-state index contributed by atoms with van der Waals surface area (Å²) < 4.78 is 0. The van der Waals surface area contributed by atoms with E-state index < -0.39 is 0 Å². The van der Waals surface area contributed by atoms with Crippen molar-refractivity contribution in [1.82, 2.24) is 0 Å². The highest BCUT2D eigenvalue weighted by molar-refractivity contribution is 5.93. The van der Waals surface area contributed by atoms with Gasteiger partial charge in [-0.15, -0.1) is 0 Å². The number of rotatable bonds is 8. The van der Waals surface area contributed by atoms with Gasteiger partial charge in [-0.3, -0.25) is 0 Å². The van der Waals surface area contributed by atoms with Gasteiger partial charge in [0.05, 0.1) is 5.69 Å². The molecular weight excluding hydrogens is 591 g/mol. The second-order valence-electron chi connectivity index (χ2n) is 12.2. The van der Waals surface area contributed by atoms with Gasteiger partial charge in [0, 0.05) is 16.9 Å². The Kier molecular flexibility index (Phi) is 8.39. The Labute approximate surface area is 289 Å². The van der Waals surface area contributed by atoms with Crippen LogP contribution in [-0.4, -0.2) is 0 Å². The molecule has 8 aromatic carbocycles. The summed E-state index contributed by atoms with van der Waals surface area (Å²) in [6, 6.07) is 76.2. The standard InChI is InChI=1S/C48H35N/c1-6-18-36(19-7-1)41-30-42(37-20-8-2-9-21-37)33-45(32-41)49(48-29-17-16-28-47(48)40-26-14-5-15-27-40)46-34-43(38-22-10-3-11-23-38)31-44(35-46)39-24-12-4-13-25-39/h1-35H. The van der Waals surface area contributed by atoms with Gasteiger partial charge < -0.3 is 4.90 Å². The summed E-state index contributed by atoms with van der Waals surface area (Å²) in [5.74, 6) is 0. The van der Waals surface area contributed by atoms with Gasteiger partial charge in [0.2, 0.25) is 0 Å². The molecule has 0 aliphatic heterocycles. The molecule has 0 aliphatic rings. The van der Waals surface area contributed by atoms with Crippen LogP contribution < -0.4 is 4.90 Å². The van der Waals surface area contributed by atoms with E-state index >= 15 is 0 Å². The lowest BCUT2D eigenvalue weighted by molar-refractivity contribution is 1.28. The molecule has 0 spiro atoms. The Morgan fingerprint density at radius 2 is 0.510 bits per heavy atom. The first-order valence-corrected chi connectivity index (χ1v) is 16.8. The van der Waals surface area contributed by atoms with E-state index in [-0.39, 0.29) is 0 Å². The number of benzene rings is 8. The largest absolute Gasteiger partial charge is 0.310 e. The Balaban J connectivity index is 1.44. The Hall–Kier alpha value is -6.44. The minimum absolute atomic E-state index is 1.09. The molecule has 1 heteroatoms. The molecule has 0 heterocycles. The maximum atomic E-state index is 2.44. The zero-order valence-electron chi connectivity index (χ0n) is 27.2. The first kappa shape index (κ1) is 29.9. The van der Waals surface area contributed by atoms with Crippen LogP contribution in [0.5, 0.6) is 0 Å². The number of nitrogens with zero attached hydrogens (tertiary/aromatic N) is 1. The lowest BCUT2D eigenvalue weighted by Crippen LogP contribution is -2.12. The molecule has 232 valence electrons. The number of para-hydroxylation sites is 1. The van der Waals surface area contributed by atoms with E-state index in [1.54, 1.807) is 0 Å². The first-order valence-electron chi connectivity index (χ1n) is 16.8. The summed E-state index contributed by atoms with van der Waals surface area (Å²) in [5, 5.41) is 0. The van der Waals surface area contributed by atoms with Crippen LogP contribution >= 0.6 is 0 Å². The molecule has 0 bridgehead atoms. The molecule has 0 amide bonds. The summed E-state index contributed by atoms with van der Waals surface area (Å²) in [7, 11) is 0. The van der Waals surface area contributed by atoms with E-state index in [1.165, 1.54) is 55.6 Å². The lowest BCUT2D eigenvalue weighted by Gasteiger charge is -2.30. The molecule has 0 saturated heterocycles. The van der Waals surface area contributed by atoms with Gasteiger partial charge in [-0.1, -0.05) is 170 Å². The molecule has 0 fully saturated rings. The summed E-state index contributed by atoms with van der Waals surface area (Å²) in [4.78, 5) is 2.44. The Morgan fingerprint density at radius 3 is 0.857 bits per heavy atom. The summed E-state index contributed by atoms with van der Waals surface area (Å²) in [6.07, 6.45) is 0. The third-order valence-corrected chi connectivity index (χ3v) is 9.01. The van der Waals surface area contributed by atoms with Gasteiger partial charge >= 0.3 is 0 Å². The number of anilines is 3. The van der Waals surface area contributed by atoms with Crippen LogP contribution in [-0.2, 0) is 0 Å². The minimum atomic E-state index is 1.09. The molecule has 8 aromatic rings. The summed E-state index contributed by atoms with van der Waals surface area (Å²) in [5.41, 5.74) is 15.0. The highest BCUT2D eigenvalue weighted by Crippen LogP contribution is 2.45. The van der Waals surface area contributed by atoms with E-state index in [1.807, 2.05) is 0 Å². The van der Waals surface area contributed by atoms with Crippen LogP contribution in [0.2, 0.25) is 0 Å². The Bertz CT molecular complexity index is 2050. The van der Waals surface area contributed by atoms with Crippen LogP contribution in [0.25, 0.3) is 55.6 Å². The fraction of sp³-hybridized carbons (Fsp3) is 0. The van der Waals surface area contributed by atoms with Crippen molar-refractivity contribution < 1.29 is 0 Å². The van der Waals surface area contributed by atoms with E-state index in [2.05, 4.69) is 217 Å². The minimum Gasteiger partial charge on any atom is -0.310 e. The van der Waals surface area contributed by atoms with Crippen molar-refractivity contribution in [3.8, 4) is 55.6 Å². The van der Waals surface area contributed by atoms with Gasteiger partial charge in [-0.2, -0.15) is 0 Å². The molecule has 0 radical (unpaired) electrons. The van der Waals surface area contributed by atoms with Gasteiger partial charge in [0.1, 0.15) is 0 Å². The zero-order chi connectivity index (χ0) is 32.8. The lowest BCUT2D eigenvalue weighted by atomic mass is 9.95. The average Bonchev–Trinajstić information content (AvgIpc) is 3.20. The average molecular weight is 626 g/mol. The van der Waals surface area contributed by atoms with Crippen LogP contribution in [0.15, 0.2) is 212 Å². The van der Waals surface area contributed by atoms with Crippen molar-refractivity contribution in [3.63, 3.8) is 0 Å². The van der Waals surface area contributed by atoms with Crippen LogP contribution in [0.1, 0.15) is 0 Å². The number of hydrogen-bond acceptors (Lipinski definition) is 1. The molecule has 0 saturated carbocycles. The topological polar surface area (TPSA) is 3.24 Å². The molecule has 0 aromatic heterocycles. The molecule has 0 aliphatic carbocycles. The number of hydrogen-bond donors (Lipinski definition) is 0. The Morgan fingerprint density at radius 1 is 0.224 bits per heavy atom. The fourth-order valence-corrected chi connectivity index (χ4v) is 6.63. The molecule has 0 N–H and O–H groups in total. The molecular formula is C48H35N. The van der Waals surface area contributed by atoms with Crippen molar-refractivity contribution in [2.75, 3.05) is 4.90 Å². The summed E-state index contributed by atoms with van der Waals surface area (Å²) in [6.45, 7) is 0. The maximum Gasteiger partial charge on any atom is 0.0540 e. The highest BCUT2D eigenvalue weighted by atomic mass is 15.1. The second-order valence-corrected chi connectivity index (χ2v) is 12.2. The molecule has 0 unspecified atom stereocenters. The summed E-state index contributed by atoms with van der Waals surface area (Å²) >= 11 is 0. The molecule has 1 nitrogen and oxygen atoms in total. The smallest absolute Gasteiger partial charge is 0.0540 e. The molecule has 49 heavy (non-hydrogen) atoms. The predicted octanol–water partition coefficient (Wildman–Crippen LogP) is 13.5. The fourth-order valence-electron chi connectivity index (χ4n) is 6.63. The van der Waals surface area contributed by atoms with Crippen LogP contribution in [0, 0.1) is 0 Å². The van der Waals surface area contributed by atoms with E-state index in [0.29, 0.717) is 0 Å².